The van der Waals surface area contributed by atoms with Crippen molar-refractivity contribution in [3.63, 3.8) is 0 Å². The van der Waals surface area contributed by atoms with Gasteiger partial charge in [-0.25, -0.2) is 9.59 Å². The molecule has 2 heterocycles. The van der Waals surface area contributed by atoms with Crippen LogP contribution in [0.2, 0.25) is 0 Å². The summed E-state index contributed by atoms with van der Waals surface area (Å²) in [5.41, 5.74) is 1.02. The van der Waals surface area contributed by atoms with Crippen molar-refractivity contribution in [3.8, 4) is 0 Å². The van der Waals surface area contributed by atoms with E-state index in [4.69, 9.17) is 0 Å². The lowest BCUT2D eigenvalue weighted by molar-refractivity contribution is -0.142. The van der Waals surface area contributed by atoms with E-state index < -0.39 is 12.0 Å². The third-order valence-corrected chi connectivity index (χ3v) is 3.79. The standard InChI is InChI=1S/C13H20N4O3/c1-9-5-8-17(11(9)12(18)19)13(20)14-6-3-10-4-7-15-16(10)2/h4,7,9,11H,3,5-6,8H2,1-2H3,(H,14,20)(H,18,19). The minimum atomic E-state index is -0.934. The van der Waals surface area contributed by atoms with Gasteiger partial charge in [0.05, 0.1) is 0 Å². The summed E-state index contributed by atoms with van der Waals surface area (Å²) in [6.45, 7) is 2.83. The molecule has 1 fully saturated rings. The maximum absolute atomic E-state index is 12.0. The van der Waals surface area contributed by atoms with E-state index in [1.165, 1.54) is 4.90 Å². The quantitative estimate of drug-likeness (QED) is 0.839. The molecule has 7 nitrogen and oxygen atoms in total. The number of aromatic nitrogens is 2. The Morgan fingerprint density at radius 2 is 2.30 bits per heavy atom. The molecule has 0 aromatic carbocycles. The van der Waals surface area contributed by atoms with Crippen LogP contribution in [-0.2, 0) is 18.3 Å². The molecule has 0 spiro atoms. The lowest BCUT2D eigenvalue weighted by Crippen LogP contribution is -2.48. The molecule has 2 unspecified atom stereocenters. The summed E-state index contributed by atoms with van der Waals surface area (Å²) in [5, 5.41) is 16.0. The normalized spacial score (nSPS) is 22.0. The van der Waals surface area contributed by atoms with Crippen LogP contribution in [0.15, 0.2) is 12.3 Å². The average Bonchev–Trinajstić information content (AvgIpc) is 2.96. The highest BCUT2D eigenvalue weighted by molar-refractivity contribution is 5.83. The zero-order valence-corrected chi connectivity index (χ0v) is 11.7. The average molecular weight is 280 g/mol. The molecule has 1 aromatic heterocycles. The van der Waals surface area contributed by atoms with Gasteiger partial charge in [-0.2, -0.15) is 5.10 Å². The lowest BCUT2D eigenvalue weighted by atomic mass is 10.0. The molecule has 1 saturated heterocycles. The Bertz CT molecular complexity index is 500. The maximum Gasteiger partial charge on any atom is 0.326 e. The van der Waals surface area contributed by atoms with Gasteiger partial charge in [0.25, 0.3) is 0 Å². The second kappa shape index (κ2) is 5.94. The number of hydrogen-bond donors (Lipinski definition) is 2. The number of aryl methyl sites for hydroxylation is 1. The largest absolute Gasteiger partial charge is 0.480 e. The van der Waals surface area contributed by atoms with Crippen LogP contribution in [0.1, 0.15) is 19.0 Å². The molecule has 110 valence electrons. The number of rotatable bonds is 4. The zero-order valence-electron chi connectivity index (χ0n) is 11.7. The molecular weight excluding hydrogens is 260 g/mol. The van der Waals surface area contributed by atoms with Crippen LogP contribution in [0, 0.1) is 5.92 Å². The Balaban J connectivity index is 1.86. The highest BCUT2D eigenvalue weighted by atomic mass is 16.4. The van der Waals surface area contributed by atoms with Gasteiger partial charge in [0.1, 0.15) is 6.04 Å². The van der Waals surface area contributed by atoms with Crippen molar-refractivity contribution in [2.45, 2.75) is 25.8 Å². The fourth-order valence-corrected chi connectivity index (χ4v) is 2.60. The SMILES string of the molecule is CC1CCN(C(=O)NCCc2ccnn2C)C1C(=O)O. The summed E-state index contributed by atoms with van der Waals surface area (Å²) < 4.78 is 1.75. The smallest absolute Gasteiger partial charge is 0.326 e. The molecule has 2 rings (SSSR count). The van der Waals surface area contributed by atoms with E-state index in [2.05, 4.69) is 10.4 Å². The fraction of sp³-hybridized carbons (Fsp3) is 0.615. The number of nitrogens with zero attached hydrogens (tertiary/aromatic N) is 3. The predicted molar refractivity (Wildman–Crippen MR) is 72.2 cm³/mol. The predicted octanol–water partition coefficient (Wildman–Crippen LogP) is 0.467. The summed E-state index contributed by atoms with van der Waals surface area (Å²) >= 11 is 0. The van der Waals surface area contributed by atoms with E-state index >= 15 is 0 Å². The van der Waals surface area contributed by atoms with Crippen molar-refractivity contribution >= 4 is 12.0 Å². The number of carboxylic acid groups (broad SMARTS) is 1. The molecule has 2 amide bonds. The van der Waals surface area contributed by atoms with E-state index in [9.17, 15) is 14.7 Å². The first-order chi connectivity index (χ1) is 9.50. The van der Waals surface area contributed by atoms with Crippen LogP contribution >= 0.6 is 0 Å². The molecule has 0 bridgehead atoms. The fourth-order valence-electron chi connectivity index (χ4n) is 2.60. The number of amides is 2. The molecule has 2 atom stereocenters. The topological polar surface area (TPSA) is 87.5 Å². The van der Waals surface area contributed by atoms with Crippen LogP contribution in [0.4, 0.5) is 4.79 Å². The van der Waals surface area contributed by atoms with E-state index in [0.29, 0.717) is 19.5 Å². The van der Waals surface area contributed by atoms with Crippen molar-refractivity contribution in [2.24, 2.45) is 13.0 Å². The molecule has 1 aliphatic heterocycles. The molecule has 2 N–H and O–H groups in total. The van der Waals surface area contributed by atoms with Crippen molar-refractivity contribution in [1.29, 1.82) is 0 Å². The number of likely N-dealkylation sites (tertiary alicyclic amines) is 1. The summed E-state index contributed by atoms with van der Waals surface area (Å²) in [5.74, 6) is -0.938. The van der Waals surface area contributed by atoms with Crippen LogP contribution in [-0.4, -0.2) is 50.9 Å². The first kappa shape index (κ1) is 14.4. The van der Waals surface area contributed by atoms with E-state index in [0.717, 1.165) is 12.1 Å². The third kappa shape index (κ3) is 2.92. The molecule has 1 aliphatic rings. The van der Waals surface area contributed by atoms with Crippen molar-refractivity contribution in [3.05, 3.63) is 18.0 Å². The first-order valence-electron chi connectivity index (χ1n) is 6.75. The maximum atomic E-state index is 12.0. The molecule has 0 radical (unpaired) electrons. The van der Waals surface area contributed by atoms with Gasteiger partial charge < -0.3 is 15.3 Å². The van der Waals surface area contributed by atoms with Crippen molar-refractivity contribution in [1.82, 2.24) is 20.0 Å². The van der Waals surface area contributed by atoms with Gasteiger partial charge in [0.15, 0.2) is 0 Å². The van der Waals surface area contributed by atoms with Crippen LogP contribution in [0.25, 0.3) is 0 Å². The number of carbonyl (C=O) groups excluding carboxylic acids is 1. The van der Waals surface area contributed by atoms with Crippen LogP contribution < -0.4 is 5.32 Å². The summed E-state index contributed by atoms with van der Waals surface area (Å²) in [6, 6.07) is 0.875. The van der Waals surface area contributed by atoms with Gasteiger partial charge in [0, 0.05) is 38.4 Å². The Morgan fingerprint density at radius 1 is 1.55 bits per heavy atom. The Kier molecular flexibility index (Phi) is 4.26. The minimum absolute atomic E-state index is 0.00433. The van der Waals surface area contributed by atoms with E-state index in [1.807, 2.05) is 20.0 Å². The number of urea groups is 1. The second-order valence-electron chi connectivity index (χ2n) is 5.17. The van der Waals surface area contributed by atoms with E-state index in [1.54, 1.807) is 10.9 Å². The molecule has 1 aromatic rings. The number of aliphatic carboxylic acids is 1. The van der Waals surface area contributed by atoms with E-state index in [-0.39, 0.29) is 11.9 Å². The number of hydrogen-bond acceptors (Lipinski definition) is 3. The van der Waals surface area contributed by atoms with Crippen molar-refractivity contribution < 1.29 is 14.7 Å². The Hall–Kier alpha value is -2.05. The second-order valence-corrected chi connectivity index (χ2v) is 5.17. The first-order valence-corrected chi connectivity index (χ1v) is 6.75. The van der Waals surface area contributed by atoms with Crippen LogP contribution in [0.5, 0.6) is 0 Å². The summed E-state index contributed by atoms with van der Waals surface area (Å²) in [4.78, 5) is 24.7. The Morgan fingerprint density at radius 3 is 2.90 bits per heavy atom. The number of carbonyl (C=O) groups is 2. The minimum Gasteiger partial charge on any atom is -0.480 e. The van der Waals surface area contributed by atoms with Crippen LogP contribution in [0.3, 0.4) is 0 Å². The summed E-state index contributed by atoms with van der Waals surface area (Å²) in [6.07, 6.45) is 3.11. The number of carboxylic acids is 1. The Labute approximate surface area is 117 Å². The highest BCUT2D eigenvalue weighted by Crippen LogP contribution is 2.23. The van der Waals surface area contributed by atoms with Gasteiger partial charge in [-0.3, -0.25) is 4.68 Å². The molecular formula is C13H20N4O3. The van der Waals surface area contributed by atoms with Gasteiger partial charge in [-0.15, -0.1) is 0 Å². The van der Waals surface area contributed by atoms with Gasteiger partial charge in [-0.05, 0) is 18.4 Å². The lowest BCUT2D eigenvalue weighted by Gasteiger charge is -2.23. The molecule has 7 heteroatoms. The van der Waals surface area contributed by atoms with Crippen molar-refractivity contribution in [2.75, 3.05) is 13.1 Å². The molecule has 0 aliphatic carbocycles. The van der Waals surface area contributed by atoms with Gasteiger partial charge in [-0.1, -0.05) is 6.92 Å². The third-order valence-electron chi connectivity index (χ3n) is 3.79. The zero-order chi connectivity index (χ0) is 14.7. The van der Waals surface area contributed by atoms with Gasteiger partial charge in [0.2, 0.25) is 0 Å². The number of nitrogens with one attached hydrogen (secondary N) is 1. The monoisotopic (exact) mass is 280 g/mol. The molecule has 0 saturated carbocycles. The highest BCUT2D eigenvalue weighted by Gasteiger charge is 2.39. The molecule has 20 heavy (non-hydrogen) atoms. The van der Waals surface area contributed by atoms with Gasteiger partial charge >= 0.3 is 12.0 Å². The summed E-state index contributed by atoms with van der Waals surface area (Å²) in [7, 11) is 1.85.